The topological polar surface area (TPSA) is 108 Å². The zero-order valence-electron chi connectivity index (χ0n) is 22.9. The van der Waals surface area contributed by atoms with E-state index in [1.807, 2.05) is 43.3 Å². The van der Waals surface area contributed by atoms with Crippen molar-refractivity contribution in [2.24, 2.45) is 10.9 Å². The van der Waals surface area contributed by atoms with Crippen LogP contribution in [0.4, 0.5) is 5.69 Å². The first-order valence-corrected chi connectivity index (χ1v) is 13.1. The lowest BCUT2D eigenvalue weighted by molar-refractivity contribution is -0.145. The predicted molar refractivity (Wildman–Crippen MR) is 147 cm³/mol. The number of benzene rings is 2. The maximum absolute atomic E-state index is 13.5. The highest BCUT2D eigenvalue weighted by atomic mass is 16.5. The van der Waals surface area contributed by atoms with Crippen LogP contribution >= 0.6 is 0 Å². The zero-order valence-corrected chi connectivity index (χ0v) is 22.9. The quantitative estimate of drug-likeness (QED) is 0.361. The van der Waals surface area contributed by atoms with Gasteiger partial charge < -0.3 is 9.47 Å². The van der Waals surface area contributed by atoms with Gasteiger partial charge in [0.25, 0.3) is 0 Å². The van der Waals surface area contributed by atoms with Gasteiger partial charge in [-0.25, -0.2) is 19.1 Å². The lowest BCUT2D eigenvalue weighted by atomic mass is 10.1. The molecule has 9 heteroatoms. The molecule has 0 spiro atoms. The summed E-state index contributed by atoms with van der Waals surface area (Å²) in [6.07, 6.45) is 4.25. The fourth-order valence-electron chi connectivity index (χ4n) is 4.19. The number of esters is 1. The summed E-state index contributed by atoms with van der Waals surface area (Å²) >= 11 is 0. The van der Waals surface area contributed by atoms with Gasteiger partial charge in [-0.3, -0.25) is 14.3 Å². The summed E-state index contributed by atoms with van der Waals surface area (Å²) in [6, 6.07) is 15.0. The molecule has 0 amide bonds. The second-order valence-electron chi connectivity index (χ2n) is 9.57. The molecule has 0 bridgehead atoms. The Labute approximate surface area is 222 Å². The molecule has 0 saturated heterocycles. The molecule has 1 atom stereocenters. The molecular weight excluding hydrogens is 484 g/mol. The average Bonchev–Trinajstić information content (AvgIpc) is 2.90. The summed E-state index contributed by atoms with van der Waals surface area (Å²) in [6.45, 7) is 7.96. The third-order valence-electron chi connectivity index (χ3n) is 6.30. The number of ether oxygens (including phenoxy) is 2. The van der Waals surface area contributed by atoms with Gasteiger partial charge in [0.15, 0.2) is 0 Å². The largest absolute Gasteiger partial charge is 0.490 e. The van der Waals surface area contributed by atoms with E-state index in [0.717, 1.165) is 47.1 Å². The summed E-state index contributed by atoms with van der Waals surface area (Å²) in [5.41, 5.74) is 1.43. The average molecular weight is 523 g/mol. The van der Waals surface area contributed by atoms with E-state index < -0.39 is 23.3 Å². The van der Waals surface area contributed by atoms with Gasteiger partial charge in [0.1, 0.15) is 5.75 Å². The molecule has 0 unspecified atom stereocenters. The summed E-state index contributed by atoms with van der Waals surface area (Å²) in [7, 11) is 1.27. The van der Waals surface area contributed by atoms with E-state index in [2.05, 4.69) is 23.8 Å². The molecule has 1 heterocycles. The van der Waals surface area contributed by atoms with Crippen molar-refractivity contribution in [2.45, 2.75) is 72.6 Å². The van der Waals surface area contributed by atoms with Gasteiger partial charge in [-0.2, -0.15) is 0 Å². The van der Waals surface area contributed by atoms with E-state index in [0.29, 0.717) is 5.69 Å². The van der Waals surface area contributed by atoms with Crippen LogP contribution in [0.25, 0.3) is 0 Å². The van der Waals surface area contributed by atoms with Gasteiger partial charge in [0.05, 0.1) is 31.4 Å². The van der Waals surface area contributed by atoms with Crippen molar-refractivity contribution < 1.29 is 14.3 Å². The third-order valence-corrected chi connectivity index (χ3v) is 6.30. The zero-order chi connectivity index (χ0) is 27.7. The number of aromatic nitrogens is 3. The number of aromatic amines is 1. The molecular formula is C29H38N4O5. The molecule has 0 saturated carbocycles. The number of nitrogens with zero attached hydrogens (tertiary/aromatic N) is 3. The van der Waals surface area contributed by atoms with E-state index in [4.69, 9.17) is 9.47 Å². The Morgan fingerprint density at radius 2 is 1.61 bits per heavy atom. The molecule has 38 heavy (non-hydrogen) atoms. The first kappa shape index (κ1) is 28.7. The number of methoxy groups -OCH3 is 1. The number of aryl methyl sites for hydroxylation is 1. The molecule has 0 fully saturated rings. The van der Waals surface area contributed by atoms with Crippen LogP contribution in [0.3, 0.4) is 0 Å². The highest BCUT2D eigenvalue weighted by Crippen LogP contribution is 2.21. The van der Waals surface area contributed by atoms with Gasteiger partial charge in [0, 0.05) is 6.54 Å². The number of carbonyl (C=O) groups is 1. The normalized spacial score (nSPS) is 12.5. The highest BCUT2D eigenvalue weighted by molar-refractivity contribution is 5.71. The smallest absolute Gasteiger partial charge is 0.335 e. The van der Waals surface area contributed by atoms with Gasteiger partial charge in [-0.1, -0.05) is 63.4 Å². The highest BCUT2D eigenvalue weighted by Gasteiger charge is 2.18. The summed E-state index contributed by atoms with van der Waals surface area (Å²) in [5, 5.41) is 0. The lowest BCUT2D eigenvalue weighted by Gasteiger charge is -2.18. The number of hydrogen-bond acceptors (Lipinski definition) is 6. The van der Waals surface area contributed by atoms with Gasteiger partial charge in [-0.05, 0) is 49.6 Å². The van der Waals surface area contributed by atoms with Crippen LogP contribution in [-0.2, 0) is 22.6 Å². The van der Waals surface area contributed by atoms with E-state index in [-0.39, 0.29) is 24.8 Å². The Morgan fingerprint density at radius 1 is 0.974 bits per heavy atom. The van der Waals surface area contributed by atoms with Crippen molar-refractivity contribution in [1.29, 1.82) is 0 Å². The minimum absolute atomic E-state index is 0.113. The van der Waals surface area contributed by atoms with Crippen molar-refractivity contribution in [2.75, 3.05) is 7.11 Å². The van der Waals surface area contributed by atoms with Crippen LogP contribution in [0.2, 0.25) is 0 Å². The molecule has 0 aliphatic rings. The fraction of sp³-hybridized carbons (Fsp3) is 0.448. The van der Waals surface area contributed by atoms with Gasteiger partial charge >= 0.3 is 17.3 Å². The molecule has 204 valence electrons. The minimum Gasteiger partial charge on any atom is -0.490 e. The number of carbonyl (C=O) groups excluding carboxylic acids is 1. The van der Waals surface area contributed by atoms with Crippen LogP contribution in [0.5, 0.6) is 5.75 Å². The molecule has 1 aromatic heterocycles. The fourth-order valence-corrected chi connectivity index (χ4v) is 4.19. The standard InChI is InChI=1S/C29H38N4O5/c1-6-8-24(9-7-2)38-25-16-14-23(15-17-25)30-27-31-28(35)33(18-21(4)26(34)37-5)29(36)32(27)19-22-12-10-20(3)11-13-22/h10-17,21,24H,6-9,18-19H2,1-5H3,(H,30,31,35)/t21-/m0/s1. The molecule has 1 N–H and O–H groups in total. The molecule has 0 aliphatic heterocycles. The van der Waals surface area contributed by atoms with Crippen LogP contribution in [0.15, 0.2) is 63.1 Å². The van der Waals surface area contributed by atoms with Gasteiger partial charge in [-0.15, -0.1) is 0 Å². The van der Waals surface area contributed by atoms with Crippen LogP contribution < -0.4 is 21.7 Å². The van der Waals surface area contributed by atoms with Crippen LogP contribution in [0, 0.1) is 12.8 Å². The second kappa shape index (κ2) is 13.6. The first-order chi connectivity index (χ1) is 18.2. The molecule has 2 aromatic carbocycles. The SMILES string of the molecule is CCCC(CCC)Oc1ccc(/N=c2\[nH]c(=O)n(C[C@H](C)C(=O)OC)c(=O)n2Cc2ccc(C)cc2)cc1. The van der Waals surface area contributed by atoms with E-state index in [1.54, 1.807) is 19.1 Å². The molecule has 3 aromatic rings. The number of hydrogen-bond donors (Lipinski definition) is 1. The number of H-pyrrole nitrogens is 1. The van der Waals surface area contributed by atoms with E-state index >= 15 is 0 Å². The van der Waals surface area contributed by atoms with E-state index in [9.17, 15) is 14.4 Å². The summed E-state index contributed by atoms with van der Waals surface area (Å²) < 4.78 is 13.3. The van der Waals surface area contributed by atoms with Gasteiger partial charge in [0.2, 0.25) is 5.62 Å². The first-order valence-electron chi connectivity index (χ1n) is 13.1. The second-order valence-corrected chi connectivity index (χ2v) is 9.57. The Bertz CT molecular complexity index is 1380. The van der Waals surface area contributed by atoms with Crippen LogP contribution in [0.1, 0.15) is 57.6 Å². The minimum atomic E-state index is -0.675. The lowest BCUT2D eigenvalue weighted by Crippen LogP contribution is -2.51. The number of nitrogens with one attached hydrogen (secondary N) is 1. The molecule has 0 radical (unpaired) electrons. The maximum Gasteiger partial charge on any atom is 0.335 e. The number of rotatable bonds is 12. The predicted octanol–water partition coefficient (Wildman–Crippen LogP) is 4.08. The van der Waals surface area contributed by atoms with E-state index in [1.165, 1.54) is 11.7 Å². The Balaban J connectivity index is 2.02. The van der Waals surface area contributed by atoms with Crippen molar-refractivity contribution in [1.82, 2.24) is 14.1 Å². The summed E-state index contributed by atoms with van der Waals surface area (Å²) in [5.74, 6) is -0.423. The monoisotopic (exact) mass is 522 g/mol. The van der Waals surface area contributed by atoms with Crippen molar-refractivity contribution in [3.05, 3.63) is 86.2 Å². The molecule has 9 nitrogen and oxygen atoms in total. The van der Waals surface area contributed by atoms with Crippen molar-refractivity contribution in [3.63, 3.8) is 0 Å². The third kappa shape index (κ3) is 7.57. The Morgan fingerprint density at radius 3 is 2.18 bits per heavy atom. The maximum atomic E-state index is 13.5. The molecule has 0 aliphatic carbocycles. The van der Waals surface area contributed by atoms with Crippen molar-refractivity contribution in [3.8, 4) is 5.75 Å². The summed E-state index contributed by atoms with van der Waals surface area (Å²) in [4.78, 5) is 45.7. The van der Waals surface area contributed by atoms with Crippen molar-refractivity contribution >= 4 is 11.7 Å². The molecule has 3 rings (SSSR count). The Kier molecular flexibility index (Phi) is 10.3. The Hall–Kier alpha value is -3.88. The van der Waals surface area contributed by atoms with Crippen LogP contribution in [-0.4, -0.2) is 33.3 Å².